The van der Waals surface area contributed by atoms with Crippen molar-refractivity contribution in [1.29, 1.82) is 0 Å². The van der Waals surface area contributed by atoms with Crippen LogP contribution in [-0.4, -0.2) is 14.8 Å². The highest BCUT2D eigenvalue weighted by Gasteiger charge is 2.17. The summed E-state index contributed by atoms with van der Waals surface area (Å²) in [5.74, 6) is 6.28. The Balaban J connectivity index is 1.90. The first-order chi connectivity index (χ1) is 10.2. The zero-order chi connectivity index (χ0) is 14.8. The first-order valence-electron chi connectivity index (χ1n) is 6.77. The van der Waals surface area contributed by atoms with Crippen molar-refractivity contribution in [2.75, 3.05) is 5.73 Å². The number of aromatic nitrogens is 3. The van der Waals surface area contributed by atoms with E-state index in [9.17, 15) is 0 Å². The summed E-state index contributed by atoms with van der Waals surface area (Å²) >= 11 is 0. The van der Waals surface area contributed by atoms with Gasteiger partial charge in [0.15, 0.2) is 0 Å². The number of anilines is 1. The van der Waals surface area contributed by atoms with E-state index in [1.54, 1.807) is 17.9 Å². The summed E-state index contributed by atoms with van der Waals surface area (Å²) in [6.07, 6.45) is 2.39. The average molecular weight is 282 g/mol. The average Bonchev–Trinajstić information content (AvgIpc) is 2.84. The van der Waals surface area contributed by atoms with Crippen molar-refractivity contribution >= 4 is 16.7 Å². The molecule has 2 aromatic heterocycles. The van der Waals surface area contributed by atoms with Crippen LogP contribution in [0, 0.1) is 0 Å². The second-order valence-corrected chi connectivity index (χ2v) is 5.03. The Kier molecular flexibility index (Phi) is 3.55. The van der Waals surface area contributed by atoms with Gasteiger partial charge in [0, 0.05) is 30.1 Å². The van der Waals surface area contributed by atoms with E-state index in [-0.39, 0.29) is 6.04 Å². The molecule has 5 N–H and O–H groups in total. The number of hydrazine groups is 1. The molecule has 0 amide bonds. The molecular formula is C15H18N6. The van der Waals surface area contributed by atoms with Crippen LogP contribution < -0.4 is 17.0 Å². The minimum absolute atomic E-state index is 0.118. The number of hydrogen-bond donors (Lipinski definition) is 3. The van der Waals surface area contributed by atoms with Crippen molar-refractivity contribution in [2.45, 2.75) is 12.5 Å². The van der Waals surface area contributed by atoms with Gasteiger partial charge >= 0.3 is 0 Å². The molecule has 0 saturated heterocycles. The van der Waals surface area contributed by atoms with Crippen LogP contribution in [0.2, 0.25) is 0 Å². The number of benzene rings is 1. The molecule has 1 atom stereocenters. The van der Waals surface area contributed by atoms with Crippen LogP contribution in [0.1, 0.15) is 17.3 Å². The second-order valence-electron chi connectivity index (χ2n) is 5.03. The van der Waals surface area contributed by atoms with E-state index in [1.165, 1.54) is 0 Å². The van der Waals surface area contributed by atoms with E-state index in [0.29, 0.717) is 12.2 Å². The van der Waals surface area contributed by atoms with Gasteiger partial charge in [-0.05, 0) is 12.1 Å². The summed E-state index contributed by atoms with van der Waals surface area (Å²) < 4.78 is 1.63. The van der Waals surface area contributed by atoms with Gasteiger partial charge in [0.2, 0.25) is 0 Å². The maximum atomic E-state index is 6.01. The van der Waals surface area contributed by atoms with Crippen LogP contribution in [-0.2, 0) is 13.5 Å². The van der Waals surface area contributed by atoms with Gasteiger partial charge in [-0.25, -0.2) is 0 Å². The first-order valence-corrected chi connectivity index (χ1v) is 6.77. The van der Waals surface area contributed by atoms with Crippen molar-refractivity contribution < 1.29 is 0 Å². The van der Waals surface area contributed by atoms with Gasteiger partial charge in [-0.1, -0.05) is 24.3 Å². The largest absolute Gasteiger partial charge is 0.384 e. The lowest BCUT2D eigenvalue weighted by atomic mass is 10.0. The number of para-hydroxylation sites is 1. The minimum Gasteiger partial charge on any atom is -0.384 e. The molecule has 2 heterocycles. The highest BCUT2D eigenvalue weighted by atomic mass is 15.3. The Hall–Kier alpha value is -2.44. The molecule has 1 unspecified atom stereocenters. The summed E-state index contributed by atoms with van der Waals surface area (Å²) in [7, 11) is 1.81. The molecule has 0 aliphatic heterocycles. The van der Waals surface area contributed by atoms with Crippen molar-refractivity contribution in [3.8, 4) is 0 Å². The van der Waals surface area contributed by atoms with Crippen molar-refractivity contribution in [3.05, 3.63) is 53.9 Å². The Labute approximate surface area is 122 Å². The van der Waals surface area contributed by atoms with Gasteiger partial charge in [0.1, 0.15) is 5.82 Å². The van der Waals surface area contributed by atoms with E-state index < -0.39 is 0 Å². The van der Waals surface area contributed by atoms with Crippen LogP contribution >= 0.6 is 0 Å². The third-order valence-electron chi connectivity index (χ3n) is 3.66. The van der Waals surface area contributed by atoms with Crippen LogP contribution in [0.4, 0.5) is 5.82 Å². The predicted molar refractivity (Wildman–Crippen MR) is 83.1 cm³/mol. The Morgan fingerprint density at radius 2 is 2.05 bits per heavy atom. The maximum absolute atomic E-state index is 6.01. The molecule has 0 saturated carbocycles. The lowest BCUT2D eigenvalue weighted by Crippen LogP contribution is -2.30. The topological polar surface area (TPSA) is 94.8 Å². The summed E-state index contributed by atoms with van der Waals surface area (Å²) in [6.45, 7) is 0. The smallest absolute Gasteiger partial charge is 0.126 e. The fraction of sp³-hybridized carbons (Fsp3) is 0.200. The number of nitrogens with two attached hydrogens (primary N) is 2. The molecule has 6 nitrogen and oxygen atoms in total. The molecule has 1 aromatic carbocycles. The number of nitrogens with one attached hydrogen (secondary N) is 1. The van der Waals surface area contributed by atoms with E-state index in [1.807, 2.05) is 30.3 Å². The summed E-state index contributed by atoms with van der Waals surface area (Å²) in [4.78, 5) is 4.66. The van der Waals surface area contributed by atoms with Gasteiger partial charge in [-0.15, -0.1) is 0 Å². The molecule has 0 aliphatic rings. The maximum Gasteiger partial charge on any atom is 0.126 e. The number of hydrogen-bond acceptors (Lipinski definition) is 5. The van der Waals surface area contributed by atoms with E-state index in [2.05, 4.69) is 21.6 Å². The highest BCUT2D eigenvalue weighted by Crippen LogP contribution is 2.23. The third kappa shape index (κ3) is 2.58. The predicted octanol–water partition coefficient (Wildman–Crippen LogP) is 1.30. The molecule has 108 valence electrons. The summed E-state index contributed by atoms with van der Waals surface area (Å²) in [5.41, 5.74) is 11.6. The number of fused-ring (bicyclic) bond motifs is 1. The first kappa shape index (κ1) is 13.5. The number of nitrogens with zero attached hydrogens (tertiary/aromatic N) is 3. The molecule has 0 fully saturated rings. The van der Waals surface area contributed by atoms with E-state index in [4.69, 9.17) is 11.6 Å². The zero-order valence-corrected chi connectivity index (χ0v) is 11.8. The third-order valence-corrected chi connectivity index (χ3v) is 3.66. The van der Waals surface area contributed by atoms with Crippen molar-refractivity contribution in [1.82, 2.24) is 20.2 Å². The molecule has 0 bridgehead atoms. The zero-order valence-electron chi connectivity index (χ0n) is 11.8. The molecule has 0 spiro atoms. The van der Waals surface area contributed by atoms with E-state index >= 15 is 0 Å². The lowest BCUT2D eigenvalue weighted by Gasteiger charge is -2.15. The number of rotatable bonds is 4. The normalized spacial score (nSPS) is 12.7. The molecule has 21 heavy (non-hydrogen) atoms. The molecule has 0 radical (unpaired) electrons. The van der Waals surface area contributed by atoms with Gasteiger partial charge in [-0.3, -0.25) is 20.9 Å². The summed E-state index contributed by atoms with van der Waals surface area (Å²) in [6, 6.07) is 12.0. The van der Waals surface area contributed by atoms with E-state index in [0.717, 1.165) is 22.2 Å². The molecule has 3 aromatic rings. The summed E-state index contributed by atoms with van der Waals surface area (Å²) in [5, 5.41) is 5.28. The minimum atomic E-state index is -0.118. The fourth-order valence-electron chi connectivity index (χ4n) is 2.42. The Bertz CT molecular complexity index is 764. The Morgan fingerprint density at radius 1 is 1.24 bits per heavy atom. The molecule has 3 rings (SSSR count). The molecule has 0 aliphatic carbocycles. The van der Waals surface area contributed by atoms with Gasteiger partial charge < -0.3 is 5.73 Å². The quantitative estimate of drug-likeness (QED) is 0.495. The van der Waals surface area contributed by atoms with Crippen LogP contribution in [0.3, 0.4) is 0 Å². The molecule has 6 heteroatoms. The highest BCUT2D eigenvalue weighted by molar-refractivity contribution is 5.78. The van der Waals surface area contributed by atoms with Crippen molar-refractivity contribution in [2.24, 2.45) is 12.9 Å². The van der Waals surface area contributed by atoms with Crippen molar-refractivity contribution in [3.63, 3.8) is 0 Å². The van der Waals surface area contributed by atoms with Gasteiger partial charge in [0.25, 0.3) is 0 Å². The van der Waals surface area contributed by atoms with Crippen LogP contribution in [0.15, 0.2) is 42.6 Å². The number of nitrogen functional groups attached to an aromatic ring is 1. The Morgan fingerprint density at radius 3 is 2.76 bits per heavy atom. The monoisotopic (exact) mass is 282 g/mol. The SMILES string of the molecule is Cn1ncc(C(Cc2ccc3ccccc3n2)NN)c1N. The second kappa shape index (κ2) is 5.51. The van der Waals surface area contributed by atoms with Crippen LogP contribution in [0.5, 0.6) is 0 Å². The number of aryl methyl sites for hydroxylation is 1. The fourth-order valence-corrected chi connectivity index (χ4v) is 2.42. The number of pyridine rings is 1. The van der Waals surface area contributed by atoms with Gasteiger partial charge in [-0.2, -0.15) is 5.10 Å². The van der Waals surface area contributed by atoms with Crippen LogP contribution in [0.25, 0.3) is 10.9 Å². The van der Waals surface area contributed by atoms with Gasteiger partial charge in [0.05, 0.1) is 17.8 Å². The lowest BCUT2D eigenvalue weighted by molar-refractivity contribution is 0.548. The molecular weight excluding hydrogens is 264 g/mol. The standard InChI is InChI=1S/C15H18N6/c1-21-15(16)12(9-18-21)14(20-17)8-11-7-6-10-4-2-3-5-13(10)19-11/h2-7,9,14,20H,8,16-17H2,1H3.